The fraction of sp³-hybridized carbons (Fsp3) is 0.424. The molecule has 0 aliphatic rings. The number of aliphatic hydroxyl groups excluding tert-OH is 1. The maximum atomic E-state index is 14.9. The Morgan fingerprint density at radius 3 is 2.33 bits per heavy atom. The highest BCUT2D eigenvalue weighted by atomic mass is 32.2. The lowest BCUT2D eigenvalue weighted by Crippen LogP contribution is -2.46. The molecule has 0 saturated heterocycles. The third kappa shape index (κ3) is 9.40. The van der Waals surface area contributed by atoms with E-state index in [1.54, 1.807) is 31.2 Å². The molecule has 234 valence electrons. The highest BCUT2D eigenvalue weighted by molar-refractivity contribution is 7.89. The van der Waals surface area contributed by atoms with Gasteiger partial charge < -0.3 is 15.5 Å². The average molecular weight is 617 g/mol. The van der Waals surface area contributed by atoms with Crippen molar-refractivity contribution in [1.82, 2.24) is 9.62 Å². The van der Waals surface area contributed by atoms with Crippen LogP contribution in [0.1, 0.15) is 56.7 Å². The van der Waals surface area contributed by atoms with Crippen molar-refractivity contribution in [2.75, 3.05) is 20.1 Å². The molecule has 10 heteroatoms. The summed E-state index contributed by atoms with van der Waals surface area (Å²) in [6, 6.07) is 15.8. The van der Waals surface area contributed by atoms with Crippen molar-refractivity contribution in [3.63, 3.8) is 0 Å². The lowest BCUT2D eigenvalue weighted by molar-refractivity contribution is -0.136. The van der Waals surface area contributed by atoms with Crippen molar-refractivity contribution < 1.29 is 32.2 Å². The second-order valence-electron chi connectivity index (χ2n) is 11.5. The van der Waals surface area contributed by atoms with E-state index in [-0.39, 0.29) is 47.7 Å². The Bertz CT molecular complexity index is 1510. The summed E-state index contributed by atoms with van der Waals surface area (Å²) >= 11 is 0. The number of carbonyl (C=O) groups is 1. The largest absolute Gasteiger partial charge is 0.481 e. The number of hydrogen-bond donors (Lipinski definition) is 3. The number of aliphatic hydroxyl groups is 1. The van der Waals surface area contributed by atoms with E-state index in [4.69, 9.17) is 5.11 Å². The molecule has 0 unspecified atom stereocenters. The van der Waals surface area contributed by atoms with Gasteiger partial charge >= 0.3 is 5.97 Å². The van der Waals surface area contributed by atoms with Crippen molar-refractivity contribution in [2.45, 2.75) is 75.8 Å². The molecule has 1 atom stereocenters. The van der Waals surface area contributed by atoms with Gasteiger partial charge in [0.1, 0.15) is 11.6 Å². The number of hydrogen-bond acceptors (Lipinski definition) is 5. The zero-order chi connectivity index (χ0) is 31.8. The summed E-state index contributed by atoms with van der Waals surface area (Å²) in [5.41, 5.74) is 2.05. The molecular weight excluding hydrogens is 574 g/mol. The fourth-order valence-electron chi connectivity index (χ4n) is 5.14. The van der Waals surface area contributed by atoms with E-state index in [2.05, 4.69) is 5.32 Å². The minimum atomic E-state index is -3.98. The summed E-state index contributed by atoms with van der Waals surface area (Å²) in [4.78, 5) is 11.2. The Morgan fingerprint density at radius 1 is 0.977 bits per heavy atom. The minimum Gasteiger partial charge on any atom is -0.481 e. The fourth-order valence-corrected chi connectivity index (χ4v) is 6.62. The van der Waals surface area contributed by atoms with Crippen LogP contribution >= 0.6 is 0 Å². The molecule has 43 heavy (non-hydrogen) atoms. The molecule has 3 aromatic carbocycles. The smallest absolute Gasteiger partial charge is 0.303 e. The zero-order valence-electron chi connectivity index (χ0n) is 25.2. The number of nitrogens with one attached hydrogen (secondary N) is 1. The predicted molar refractivity (Wildman–Crippen MR) is 164 cm³/mol. The average Bonchev–Trinajstić information content (AvgIpc) is 2.95. The summed E-state index contributed by atoms with van der Waals surface area (Å²) < 4.78 is 57.0. The molecule has 0 amide bonds. The number of aryl methyl sites for hydroxylation is 3. The van der Waals surface area contributed by atoms with Gasteiger partial charge in [-0.25, -0.2) is 17.2 Å². The molecule has 0 radical (unpaired) electrons. The number of β-amino-alcohol motifs (C(OH)–C–C–N with tert-alkyl or cyclic N) is 1. The number of aliphatic carboxylic acids is 1. The van der Waals surface area contributed by atoms with Crippen LogP contribution in [0, 0.1) is 11.6 Å². The van der Waals surface area contributed by atoms with Crippen LogP contribution in [0.5, 0.6) is 0 Å². The number of carboxylic acid groups (broad SMARTS) is 1. The highest BCUT2D eigenvalue weighted by Crippen LogP contribution is 2.32. The van der Waals surface area contributed by atoms with Gasteiger partial charge in [-0.2, -0.15) is 4.31 Å². The normalized spacial score (nSPS) is 12.9. The highest BCUT2D eigenvalue weighted by Gasteiger charge is 2.27. The van der Waals surface area contributed by atoms with Gasteiger partial charge in [0.2, 0.25) is 10.0 Å². The quantitative estimate of drug-likeness (QED) is 0.194. The minimum absolute atomic E-state index is 0.0679. The lowest BCUT2D eigenvalue weighted by Gasteiger charge is -2.29. The molecule has 3 aromatic rings. The van der Waals surface area contributed by atoms with E-state index in [1.165, 1.54) is 37.4 Å². The number of sulfonamides is 1. The first-order chi connectivity index (χ1) is 20.2. The van der Waals surface area contributed by atoms with E-state index in [9.17, 15) is 27.1 Å². The van der Waals surface area contributed by atoms with Crippen LogP contribution in [0.15, 0.2) is 65.6 Å². The molecule has 0 heterocycles. The summed E-state index contributed by atoms with van der Waals surface area (Å²) in [5.74, 6) is -1.72. The Labute approximate surface area is 253 Å². The Kier molecular flexibility index (Phi) is 12.0. The van der Waals surface area contributed by atoms with E-state index in [0.29, 0.717) is 35.1 Å². The third-order valence-electron chi connectivity index (χ3n) is 7.62. The van der Waals surface area contributed by atoms with Crippen LogP contribution in [0.3, 0.4) is 0 Å². The Hall–Kier alpha value is -3.18. The SMILES string of the molecule is CCc1cc(-c2c(F)cccc2CCC(=O)O)ccc1S(=O)(=O)N(C)C[C@H](O)CNC(C)(C)CCCc1ccccc1F. The van der Waals surface area contributed by atoms with Gasteiger partial charge in [0.15, 0.2) is 0 Å². The van der Waals surface area contributed by atoms with Gasteiger partial charge in [-0.15, -0.1) is 0 Å². The molecule has 0 aliphatic carbocycles. The molecule has 0 aromatic heterocycles. The standard InChI is InChI=1S/C33H42F2N2O5S/c1-5-23-20-26(32-25(16-18-31(39)40)11-8-14-29(32)35)15-17-30(23)43(41,42)37(4)22-27(38)21-36-33(2,3)19-9-12-24-10-6-7-13-28(24)34/h6-8,10-11,13-15,17,20,27,36,38H,5,9,12,16,18-19,21-22H2,1-4H3,(H,39,40)/t27-/m1/s1. The number of halogens is 2. The second kappa shape index (κ2) is 15.0. The van der Waals surface area contributed by atoms with Crippen LogP contribution in [0.2, 0.25) is 0 Å². The molecule has 3 rings (SSSR count). The van der Waals surface area contributed by atoms with Gasteiger partial charge in [0.05, 0.1) is 11.0 Å². The van der Waals surface area contributed by atoms with Crippen molar-refractivity contribution in [3.8, 4) is 11.1 Å². The lowest BCUT2D eigenvalue weighted by atomic mass is 9.94. The first-order valence-corrected chi connectivity index (χ1v) is 15.9. The third-order valence-corrected chi connectivity index (χ3v) is 9.54. The molecule has 0 fully saturated rings. The molecule has 0 aliphatic heterocycles. The number of rotatable bonds is 16. The topological polar surface area (TPSA) is 107 Å². The van der Waals surface area contributed by atoms with Crippen molar-refractivity contribution in [1.29, 1.82) is 0 Å². The summed E-state index contributed by atoms with van der Waals surface area (Å²) in [6.45, 7) is 5.80. The number of nitrogens with zero attached hydrogens (tertiary/aromatic N) is 1. The molecule has 3 N–H and O–H groups in total. The zero-order valence-corrected chi connectivity index (χ0v) is 26.1. The molecule has 0 bridgehead atoms. The maximum Gasteiger partial charge on any atom is 0.303 e. The van der Waals surface area contributed by atoms with Gasteiger partial charge in [0.25, 0.3) is 0 Å². The predicted octanol–water partition coefficient (Wildman–Crippen LogP) is 5.58. The van der Waals surface area contributed by atoms with Crippen molar-refractivity contribution in [3.05, 3.63) is 89.0 Å². The van der Waals surface area contributed by atoms with Crippen LogP contribution in [0.4, 0.5) is 8.78 Å². The Balaban J connectivity index is 1.66. The van der Waals surface area contributed by atoms with Gasteiger partial charge in [-0.1, -0.05) is 43.3 Å². The number of carboxylic acids is 1. The summed E-state index contributed by atoms with van der Waals surface area (Å²) in [7, 11) is -2.57. The van der Waals surface area contributed by atoms with E-state index in [1.807, 2.05) is 19.9 Å². The van der Waals surface area contributed by atoms with Crippen LogP contribution < -0.4 is 5.32 Å². The number of likely N-dealkylation sites (N-methyl/N-ethyl adjacent to an activating group) is 1. The van der Waals surface area contributed by atoms with Gasteiger partial charge in [-0.3, -0.25) is 4.79 Å². The Morgan fingerprint density at radius 2 is 1.65 bits per heavy atom. The molecular formula is C33H42F2N2O5S. The molecule has 0 spiro atoms. The van der Waals surface area contributed by atoms with Crippen molar-refractivity contribution >= 4 is 16.0 Å². The van der Waals surface area contributed by atoms with Gasteiger partial charge in [-0.05, 0) is 92.5 Å². The van der Waals surface area contributed by atoms with E-state index < -0.39 is 27.9 Å². The first kappa shape index (κ1) is 34.3. The van der Waals surface area contributed by atoms with Crippen LogP contribution in [-0.2, 0) is 34.1 Å². The first-order valence-electron chi connectivity index (χ1n) is 14.5. The monoisotopic (exact) mass is 616 g/mol. The molecule has 0 saturated carbocycles. The van der Waals surface area contributed by atoms with E-state index in [0.717, 1.165) is 17.1 Å². The van der Waals surface area contributed by atoms with E-state index >= 15 is 0 Å². The number of benzene rings is 3. The van der Waals surface area contributed by atoms with Crippen LogP contribution in [-0.4, -0.2) is 60.7 Å². The summed E-state index contributed by atoms with van der Waals surface area (Å²) in [6.07, 6.45) is 1.44. The van der Waals surface area contributed by atoms with Gasteiger partial charge in [0, 0.05) is 37.7 Å². The summed E-state index contributed by atoms with van der Waals surface area (Å²) in [5, 5.41) is 23.1. The van der Waals surface area contributed by atoms with Crippen molar-refractivity contribution in [2.24, 2.45) is 0 Å². The van der Waals surface area contributed by atoms with Crippen LogP contribution in [0.25, 0.3) is 11.1 Å². The maximum absolute atomic E-state index is 14.9. The second-order valence-corrected chi connectivity index (χ2v) is 13.5. The molecule has 7 nitrogen and oxygen atoms in total.